The predicted molar refractivity (Wildman–Crippen MR) is 82.3 cm³/mol. The van der Waals surface area contributed by atoms with E-state index in [2.05, 4.69) is 0 Å². The zero-order chi connectivity index (χ0) is 17.4. The Kier molecular flexibility index (Phi) is 4.54. The molecule has 0 aliphatic rings. The van der Waals surface area contributed by atoms with E-state index >= 15 is 0 Å². The molecule has 0 aliphatic carbocycles. The molecule has 3 nitrogen and oxygen atoms in total. The van der Waals surface area contributed by atoms with Gasteiger partial charge in [0.05, 0.1) is 10.5 Å². The molecule has 0 aromatic heterocycles. The molecule has 0 atom stereocenters. The van der Waals surface area contributed by atoms with Crippen LogP contribution in [0.15, 0.2) is 47.4 Å². The van der Waals surface area contributed by atoms with Crippen LogP contribution in [0.3, 0.4) is 0 Å². The first kappa shape index (κ1) is 17.5. The van der Waals surface area contributed by atoms with Crippen LogP contribution < -0.4 is 5.14 Å². The van der Waals surface area contributed by atoms with Crippen LogP contribution in [0.5, 0.6) is 0 Å². The summed E-state index contributed by atoms with van der Waals surface area (Å²) in [5, 5.41) is 4.87. The van der Waals surface area contributed by atoms with Crippen LogP contribution >= 0.6 is 0 Å². The molecule has 0 spiro atoms. The molecule has 0 bridgehead atoms. The molecule has 0 amide bonds. The number of benzene rings is 2. The van der Waals surface area contributed by atoms with Gasteiger partial charge in [0.15, 0.2) is 0 Å². The summed E-state index contributed by atoms with van der Waals surface area (Å²) in [6.45, 7) is 4.02. The maximum atomic E-state index is 13.1. The lowest BCUT2D eigenvalue weighted by molar-refractivity contribution is -0.139. The highest BCUT2D eigenvalue weighted by Gasteiger charge is 2.36. The molecule has 7 heteroatoms. The molecule has 2 N–H and O–H groups in total. The first-order chi connectivity index (χ1) is 10.5. The average molecular weight is 343 g/mol. The molecule has 0 fully saturated rings. The van der Waals surface area contributed by atoms with Crippen molar-refractivity contribution in [2.24, 2.45) is 5.14 Å². The van der Waals surface area contributed by atoms with Crippen LogP contribution in [0, 0.1) is 0 Å². The molecule has 0 radical (unpaired) electrons. The lowest BCUT2D eigenvalue weighted by Crippen LogP contribution is -2.19. The second-order valence-corrected chi connectivity index (χ2v) is 7.06. The largest absolute Gasteiger partial charge is 0.417 e. The van der Waals surface area contributed by atoms with E-state index in [9.17, 15) is 21.6 Å². The molecule has 2 aromatic carbocycles. The van der Waals surface area contributed by atoms with Crippen molar-refractivity contribution in [2.45, 2.75) is 30.8 Å². The van der Waals surface area contributed by atoms with Gasteiger partial charge in [0.1, 0.15) is 0 Å². The molecular weight excluding hydrogens is 327 g/mol. The number of primary sulfonamides is 1. The number of rotatable bonds is 3. The normalized spacial score (nSPS) is 12.7. The standard InChI is InChI=1S/C16H16F3NO2S/c1-10(2)11-3-5-12(6-4-11)13-7-8-15(23(20,21)22)14(9-13)16(17,18)19/h3-10H,1-2H3,(H2,20,21,22). The van der Waals surface area contributed by atoms with E-state index in [4.69, 9.17) is 5.14 Å². The second kappa shape index (κ2) is 5.98. The Morgan fingerprint density at radius 2 is 1.48 bits per heavy atom. The van der Waals surface area contributed by atoms with Crippen molar-refractivity contribution >= 4 is 10.0 Å². The van der Waals surface area contributed by atoms with Crippen LogP contribution in [0.1, 0.15) is 30.9 Å². The zero-order valence-corrected chi connectivity index (χ0v) is 13.4. The summed E-state index contributed by atoms with van der Waals surface area (Å²) in [5.41, 5.74) is 0.650. The van der Waals surface area contributed by atoms with Crippen LogP contribution in [0.4, 0.5) is 13.2 Å². The predicted octanol–water partition coefficient (Wildman–Crippen LogP) is 4.14. The van der Waals surface area contributed by atoms with Crippen LogP contribution in [0.2, 0.25) is 0 Å². The summed E-state index contributed by atoms with van der Waals surface area (Å²) in [7, 11) is -4.45. The maximum Gasteiger partial charge on any atom is 0.417 e. The van der Waals surface area contributed by atoms with Gasteiger partial charge in [-0.25, -0.2) is 13.6 Å². The van der Waals surface area contributed by atoms with Gasteiger partial charge in [0.25, 0.3) is 0 Å². The van der Waals surface area contributed by atoms with Crippen molar-refractivity contribution in [3.63, 3.8) is 0 Å². The average Bonchev–Trinajstić information content (AvgIpc) is 2.45. The van der Waals surface area contributed by atoms with Crippen molar-refractivity contribution in [1.82, 2.24) is 0 Å². The summed E-state index contributed by atoms with van der Waals surface area (Å²) in [5.74, 6) is 0.305. The van der Waals surface area contributed by atoms with E-state index in [1.807, 2.05) is 26.0 Å². The first-order valence-corrected chi connectivity index (χ1v) is 8.39. The molecule has 2 rings (SSSR count). The van der Waals surface area contributed by atoms with Gasteiger partial charge < -0.3 is 0 Å². The summed E-state index contributed by atoms with van der Waals surface area (Å²) in [6, 6.07) is 10.1. The van der Waals surface area contributed by atoms with Crippen molar-refractivity contribution in [2.75, 3.05) is 0 Å². The molecule has 0 saturated heterocycles. The summed E-state index contributed by atoms with van der Waals surface area (Å²) in [6.07, 6.45) is -4.81. The quantitative estimate of drug-likeness (QED) is 0.910. The number of sulfonamides is 1. The van der Waals surface area contributed by atoms with E-state index in [0.717, 1.165) is 17.7 Å². The minimum Gasteiger partial charge on any atom is -0.225 e. The first-order valence-electron chi connectivity index (χ1n) is 6.84. The number of alkyl halides is 3. The lowest BCUT2D eigenvalue weighted by Gasteiger charge is -2.14. The monoisotopic (exact) mass is 343 g/mol. The molecule has 2 aromatic rings. The summed E-state index contributed by atoms with van der Waals surface area (Å²) >= 11 is 0. The van der Waals surface area contributed by atoms with Gasteiger partial charge in [-0.1, -0.05) is 44.2 Å². The molecule has 0 unspecified atom stereocenters. The van der Waals surface area contributed by atoms with Crippen molar-refractivity contribution < 1.29 is 21.6 Å². The van der Waals surface area contributed by atoms with E-state index in [-0.39, 0.29) is 5.56 Å². The van der Waals surface area contributed by atoms with Gasteiger partial charge in [-0.15, -0.1) is 0 Å². The van der Waals surface area contributed by atoms with Crippen LogP contribution in [0.25, 0.3) is 11.1 Å². The van der Waals surface area contributed by atoms with Crippen LogP contribution in [-0.2, 0) is 16.2 Å². The molecular formula is C16H16F3NO2S. The second-order valence-electron chi connectivity index (χ2n) is 5.53. The summed E-state index contributed by atoms with van der Waals surface area (Å²) in [4.78, 5) is -0.924. The Morgan fingerprint density at radius 1 is 0.957 bits per heavy atom. The Hall–Kier alpha value is -1.86. The number of hydrogen-bond donors (Lipinski definition) is 1. The van der Waals surface area contributed by atoms with Crippen LogP contribution in [-0.4, -0.2) is 8.42 Å². The summed E-state index contributed by atoms with van der Waals surface area (Å²) < 4.78 is 62.1. The third-order valence-corrected chi connectivity index (χ3v) is 4.47. The van der Waals surface area contributed by atoms with Gasteiger partial charge in [0.2, 0.25) is 10.0 Å². The van der Waals surface area contributed by atoms with Crippen molar-refractivity contribution in [3.8, 4) is 11.1 Å². The lowest BCUT2D eigenvalue weighted by atomic mass is 9.98. The van der Waals surface area contributed by atoms with Gasteiger partial charge in [-0.05, 0) is 34.7 Å². The fraction of sp³-hybridized carbons (Fsp3) is 0.250. The zero-order valence-electron chi connectivity index (χ0n) is 12.6. The van der Waals surface area contributed by atoms with Crippen molar-refractivity contribution in [1.29, 1.82) is 0 Å². The fourth-order valence-corrected chi connectivity index (χ4v) is 2.98. The minimum absolute atomic E-state index is 0.278. The van der Waals surface area contributed by atoms with Gasteiger partial charge >= 0.3 is 6.18 Å². The smallest absolute Gasteiger partial charge is 0.225 e. The maximum absolute atomic E-state index is 13.1. The third kappa shape index (κ3) is 3.92. The fourth-order valence-electron chi connectivity index (χ4n) is 2.24. The molecule has 23 heavy (non-hydrogen) atoms. The number of nitrogens with two attached hydrogens (primary N) is 1. The van der Waals surface area contributed by atoms with Gasteiger partial charge in [-0.2, -0.15) is 13.2 Å². The number of halogens is 3. The Bertz CT molecular complexity index is 810. The Balaban J connectivity index is 2.57. The van der Waals surface area contributed by atoms with E-state index in [0.29, 0.717) is 11.5 Å². The van der Waals surface area contributed by atoms with Gasteiger partial charge in [0, 0.05) is 0 Å². The van der Waals surface area contributed by atoms with Gasteiger partial charge in [-0.3, -0.25) is 0 Å². The highest BCUT2D eigenvalue weighted by atomic mass is 32.2. The van der Waals surface area contributed by atoms with Crippen molar-refractivity contribution in [3.05, 3.63) is 53.6 Å². The highest BCUT2D eigenvalue weighted by molar-refractivity contribution is 7.89. The SMILES string of the molecule is CC(C)c1ccc(-c2ccc(S(N)(=O)=O)c(C(F)(F)F)c2)cc1. The van der Waals surface area contributed by atoms with E-state index in [1.165, 1.54) is 6.07 Å². The Morgan fingerprint density at radius 3 is 1.91 bits per heavy atom. The number of hydrogen-bond acceptors (Lipinski definition) is 2. The topological polar surface area (TPSA) is 60.2 Å². The minimum atomic E-state index is -4.81. The molecule has 124 valence electrons. The third-order valence-electron chi connectivity index (χ3n) is 3.50. The molecule has 0 aliphatic heterocycles. The molecule has 0 heterocycles. The van der Waals surface area contributed by atoms with E-state index < -0.39 is 26.7 Å². The van der Waals surface area contributed by atoms with E-state index in [1.54, 1.807) is 12.1 Å². The molecule has 0 saturated carbocycles. The Labute approximate surface area is 133 Å². The highest BCUT2D eigenvalue weighted by Crippen LogP contribution is 2.36.